The normalized spacial score (nSPS) is 20.5. The van der Waals surface area contributed by atoms with Gasteiger partial charge in [0, 0.05) is 56.9 Å². The van der Waals surface area contributed by atoms with E-state index in [0.29, 0.717) is 12.2 Å². The van der Waals surface area contributed by atoms with Crippen LogP contribution in [-0.4, -0.2) is 67.8 Å². The maximum atomic E-state index is 13.3. The predicted octanol–water partition coefficient (Wildman–Crippen LogP) is 3.13. The SMILES string of the molecule is CN=C(NCCCN1CC(C)OC(C)C1)NCCc1c[nH]c2cc(F)ccc12.I. The van der Waals surface area contributed by atoms with Crippen molar-refractivity contribution in [1.82, 2.24) is 20.5 Å². The van der Waals surface area contributed by atoms with Crippen LogP contribution in [0.4, 0.5) is 4.39 Å². The molecular weight excluding hydrogens is 484 g/mol. The first-order chi connectivity index (χ1) is 13.5. The first-order valence-electron chi connectivity index (χ1n) is 10.1. The molecule has 0 spiro atoms. The van der Waals surface area contributed by atoms with E-state index in [2.05, 4.69) is 39.4 Å². The van der Waals surface area contributed by atoms with Gasteiger partial charge in [-0.3, -0.25) is 9.89 Å². The summed E-state index contributed by atoms with van der Waals surface area (Å²) in [6.45, 7) is 8.99. The number of aliphatic imine (C=N–C) groups is 1. The van der Waals surface area contributed by atoms with Gasteiger partial charge >= 0.3 is 0 Å². The van der Waals surface area contributed by atoms with Crippen LogP contribution in [0.2, 0.25) is 0 Å². The summed E-state index contributed by atoms with van der Waals surface area (Å²) in [7, 11) is 1.79. The number of rotatable bonds is 7. The predicted molar refractivity (Wildman–Crippen MR) is 128 cm³/mol. The summed E-state index contributed by atoms with van der Waals surface area (Å²) in [4.78, 5) is 9.89. The third-order valence-corrected chi connectivity index (χ3v) is 5.08. The van der Waals surface area contributed by atoms with Gasteiger partial charge < -0.3 is 20.4 Å². The van der Waals surface area contributed by atoms with Crippen molar-refractivity contribution < 1.29 is 9.13 Å². The summed E-state index contributed by atoms with van der Waals surface area (Å²) >= 11 is 0. The molecular formula is C21H33FIN5O. The van der Waals surface area contributed by atoms with Crippen LogP contribution < -0.4 is 10.6 Å². The minimum Gasteiger partial charge on any atom is -0.373 e. The van der Waals surface area contributed by atoms with Crippen molar-refractivity contribution in [2.45, 2.75) is 38.9 Å². The molecule has 0 amide bonds. The average molecular weight is 517 g/mol. The summed E-state index contributed by atoms with van der Waals surface area (Å²) in [5.74, 6) is 0.597. The lowest BCUT2D eigenvalue weighted by Crippen LogP contribution is -2.46. The minimum absolute atomic E-state index is 0. The zero-order valence-electron chi connectivity index (χ0n) is 17.5. The van der Waals surface area contributed by atoms with Crippen molar-refractivity contribution >= 4 is 40.8 Å². The largest absolute Gasteiger partial charge is 0.373 e. The molecule has 2 atom stereocenters. The quantitative estimate of drug-likeness (QED) is 0.229. The van der Waals surface area contributed by atoms with Gasteiger partial charge in [-0.25, -0.2) is 4.39 Å². The third kappa shape index (κ3) is 7.11. The molecule has 2 heterocycles. The molecule has 3 N–H and O–H groups in total. The molecule has 162 valence electrons. The summed E-state index contributed by atoms with van der Waals surface area (Å²) < 4.78 is 19.1. The van der Waals surface area contributed by atoms with Crippen LogP contribution >= 0.6 is 24.0 Å². The molecule has 1 aliphatic heterocycles. The lowest BCUT2D eigenvalue weighted by atomic mass is 10.1. The monoisotopic (exact) mass is 517 g/mol. The molecule has 0 aliphatic carbocycles. The van der Waals surface area contributed by atoms with Crippen LogP contribution in [0.15, 0.2) is 29.4 Å². The first kappa shape index (κ1) is 23.9. The summed E-state index contributed by atoms with van der Waals surface area (Å²) in [5, 5.41) is 7.80. The van der Waals surface area contributed by atoms with Crippen molar-refractivity contribution in [3.8, 4) is 0 Å². The molecule has 0 radical (unpaired) electrons. The molecule has 2 unspecified atom stereocenters. The summed E-state index contributed by atoms with van der Waals surface area (Å²) in [5.41, 5.74) is 2.01. The fourth-order valence-corrected chi connectivity index (χ4v) is 3.88. The highest BCUT2D eigenvalue weighted by Crippen LogP contribution is 2.19. The van der Waals surface area contributed by atoms with Crippen LogP contribution in [0.5, 0.6) is 0 Å². The lowest BCUT2D eigenvalue weighted by molar-refractivity contribution is -0.0679. The van der Waals surface area contributed by atoms with Crippen molar-refractivity contribution in [1.29, 1.82) is 0 Å². The number of aromatic nitrogens is 1. The Morgan fingerprint density at radius 3 is 2.69 bits per heavy atom. The second-order valence-electron chi connectivity index (χ2n) is 7.55. The number of hydrogen-bond donors (Lipinski definition) is 3. The molecule has 1 fully saturated rings. The molecule has 1 aromatic heterocycles. The maximum Gasteiger partial charge on any atom is 0.190 e. The molecule has 6 nitrogen and oxygen atoms in total. The van der Waals surface area contributed by atoms with Crippen LogP contribution in [0.25, 0.3) is 10.9 Å². The molecule has 8 heteroatoms. The van der Waals surface area contributed by atoms with E-state index in [1.54, 1.807) is 7.05 Å². The van der Waals surface area contributed by atoms with Crippen molar-refractivity contribution in [3.05, 3.63) is 35.8 Å². The molecule has 1 aromatic carbocycles. The van der Waals surface area contributed by atoms with Gasteiger partial charge in [0.25, 0.3) is 0 Å². The smallest absolute Gasteiger partial charge is 0.190 e. The van der Waals surface area contributed by atoms with E-state index in [9.17, 15) is 4.39 Å². The number of guanidine groups is 1. The number of H-pyrrole nitrogens is 1. The fraction of sp³-hybridized carbons (Fsp3) is 0.571. The van der Waals surface area contributed by atoms with Gasteiger partial charge in [-0.15, -0.1) is 24.0 Å². The van der Waals surface area contributed by atoms with Gasteiger partial charge in [-0.2, -0.15) is 0 Å². The number of halogens is 2. The number of morpholine rings is 1. The Kier molecular flexibility index (Phi) is 9.64. The summed E-state index contributed by atoms with van der Waals surface area (Å²) in [6.07, 6.45) is 4.48. The fourth-order valence-electron chi connectivity index (χ4n) is 3.88. The Morgan fingerprint density at radius 1 is 1.24 bits per heavy atom. The lowest BCUT2D eigenvalue weighted by Gasteiger charge is -2.35. The zero-order chi connectivity index (χ0) is 19.9. The van der Waals surface area contributed by atoms with Crippen molar-refractivity contribution in [2.24, 2.45) is 4.99 Å². The molecule has 0 saturated carbocycles. The van der Waals surface area contributed by atoms with Crippen molar-refractivity contribution in [3.63, 3.8) is 0 Å². The zero-order valence-corrected chi connectivity index (χ0v) is 19.8. The number of benzene rings is 1. The Labute approximate surface area is 189 Å². The standard InChI is InChI=1S/C21H32FN5O.HI/c1-15-13-27(14-16(2)28-15)10-4-8-24-21(23-3)25-9-7-17-12-26-20-11-18(22)5-6-19(17)20;/h5-6,11-12,15-16,26H,4,7-10,13-14H2,1-3H3,(H2,23,24,25);1H. The second kappa shape index (κ2) is 11.7. The van der Waals surface area contributed by atoms with E-state index in [4.69, 9.17) is 4.74 Å². The van der Waals surface area contributed by atoms with Gasteiger partial charge in [0.2, 0.25) is 0 Å². The number of hydrogen-bond acceptors (Lipinski definition) is 3. The topological polar surface area (TPSA) is 64.7 Å². The van der Waals surface area contributed by atoms with Gasteiger partial charge in [0.1, 0.15) is 5.82 Å². The van der Waals surface area contributed by atoms with E-state index in [-0.39, 0.29) is 29.8 Å². The Hall–Kier alpha value is -1.39. The number of fused-ring (bicyclic) bond motifs is 1. The average Bonchev–Trinajstić information content (AvgIpc) is 3.05. The van der Waals surface area contributed by atoms with E-state index >= 15 is 0 Å². The Bertz CT molecular complexity index is 786. The highest BCUT2D eigenvalue weighted by molar-refractivity contribution is 14.0. The number of nitrogens with one attached hydrogen (secondary N) is 3. The van der Waals surface area contributed by atoms with Crippen LogP contribution in [0.3, 0.4) is 0 Å². The maximum absolute atomic E-state index is 13.3. The third-order valence-electron chi connectivity index (χ3n) is 5.08. The van der Waals surface area contributed by atoms with Gasteiger partial charge in [0.05, 0.1) is 12.2 Å². The second-order valence-corrected chi connectivity index (χ2v) is 7.55. The summed E-state index contributed by atoms with van der Waals surface area (Å²) in [6, 6.07) is 4.86. The minimum atomic E-state index is -0.218. The van der Waals surface area contributed by atoms with Gasteiger partial charge in [-0.05, 0) is 50.5 Å². The number of aromatic amines is 1. The van der Waals surface area contributed by atoms with E-state index in [1.165, 1.54) is 17.7 Å². The highest BCUT2D eigenvalue weighted by Gasteiger charge is 2.21. The van der Waals surface area contributed by atoms with Crippen LogP contribution in [0, 0.1) is 5.82 Å². The van der Waals surface area contributed by atoms with Crippen molar-refractivity contribution in [2.75, 3.05) is 39.8 Å². The molecule has 29 heavy (non-hydrogen) atoms. The van der Waals surface area contributed by atoms with Crippen LogP contribution in [-0.2, 0) is 11.2 Å². The molecule has 2 aromatic rings. The Morgan fingerprint density at radius 2 is 1.97 bits per heavy atom. The molecule has 0 bridgehead atoms. The van der Waals surface area contributed by atoms with Gasteiger partial charge in [-0.1, -0.05) is 0 Å². The number of ether oxygens (including phenoxy) is 1. The highest BCUT2D eigenvalue weighted by atomic mass is 127. The Balaban J connectivity index is 0.00000300. The van der Waals surface area contributed by atoms with E-state index < -0.39 is 0 Å². The molecule has 3 rings (SSSR count). The first-order valence-corrected chi connectivity index (χ1v) is 10.1. The number of nitrogens with zero attached hydrogens (tertiary/aromatic N) is 2. The van der Waals surface area contributed by atoms with Gasteiger partial charge in [0.15, 0.2) is 5.96 Å². The molecule has 1 aliphatic rings. The molecule has 1 saturated heterocycles. The van der Waals surface area contributed by atoms with Crippen LogP contribution in [0.1, 0.15) is 25.8 Å². The van der Waals surface area contributed by atoms with E-state index in [1.807, 2.05) is 12.3 Å². The van der Waals surface area contributed by atoms with E-state index in [0.717, 1.165) is 62.4 Å².